The first-order chi connectivity index (χ1) is 8.75. The zero-order valence-electron chi connectivity index (χ0n) is 9.39. The molecule has 0 aliphatic heterocycles. The van der Waals surface area contributed by atoms with Crippen LogP contribution in [0, 0.1) is 5.21 Å². The Morgan fingerprint density at radius 3 is 2.50 bits per heavy atom. The summed E-state index contributed by atoms with van der Waals surface area (Å²) in [5, 5.41) is 14.3. The van der Waals surface area contributed by atoms with Gasteiger partial charge in [-0.25, -0.2) is 4.79 Å². The Kier molecular flexibility index (Phi) is 3.66. The van der Waals surface area contributed by atoms with Gasteiger partial charge in [-0.3, -0.25) is 0 Å². The fraction of sp³-hybridized carbons (Fsp3) is 0. The Hall–Kier alpha value is -2.69. The van der Waals surface area contributed by atoms with Crippen molar-refractivity contribution < 1.29 is 14.4 Å². The fourth-order valence-electron chi connectivity index (χ4n) is 1.27. The van der Waals surface area contributed by atoms with Gasteiger partial charge in [-0.1, -0.05) is 23.4 Å². The number of hydrogen-bond acceptors (Lipinski definition) is 4. The minimum absolute atomic E-state index is 0.431. The summed E-state index contributed by atoms with van der Waals surface area (Å²) in [5.41, 5.74) is 1.10. The lowest BCUT2D eigenvalue weighted by Crippen LogP contribution is -2.23. The highest BCUT2D eigenvalue weighted by Crippen LogP contribution is 2.01. The Morgan fingerprint density at radius 2 is 1.83 bits per heavy atom. The topological polar surface area (TPSA) is 65.6 Å². The van der Waals surface area contributed by atoms with Crippen molar-refractivity contribution in [1.82, 2.24) is 0 Å². The molecule has 1 aromatic carbocycles. The summed E-state index contributed by atoms with van der Waals surface area (Å²) in [7, 11) is 0. The zero-order valence-corrected chi connectivity index (χ0v) is 9.39. The van der Waals surface area contributed by atoms with Gasteiger partial charge in [-0.2, -0.15) is 4.73 Å². The van der Waals surface area contributed by atoms with Crippen molar-refractivity contribution in [3.05, 3.63) is 71.2 Å². The lowest BCUT2D eigenvalue weighted by atomic mass is 10.2. The molecule has 0 spiro atoms. The minimum atomic E-state index is -0.526. The largest absolute Gasteiger partial charge is 0.619 e. The van der Waals surface area contributed by atoms with Crippen LogP contribution >= 0.6 is 0 Å². The maximum atomic E-state index is 11.5. The number of aromatic nitrogens is 1. The van der Waals surface area contributed by atoms with Gasteiger partial charge in [0.25, 0.3) is 0 Å². The van der Waals surface area contributed by atoms with Gasteiger partial charge in [0.15, 0.2) is 12.4 Å². The molecule has 2 rings (SSSR count). The number of oxime groups is 1. The van der Waals surface area contributed by atoms with Gasteiger partial charge in [0.1, 0.15) is 0 Å². The second-order valence-corrected chi connectivity index (χ2v) is 3.47. The van der Waals surface area contributed by atoms with E-state index in [0.717, 1.165) is 0 Å². The van der Waals surface area contributed by atoms with E-state index in [1.807, 2.05) is 6.07 Å². The third-order valence-electron chi connectivity index (χ3n) is 2.17. The van der Waals surface area contributed by atoms with Gasteiger partial charge in [0.2, 0.25) is 0 Å². The number of rotatable bonds is 3. The van der Waals surface area contributed by atoms with Gasteiger partial charge in [-0.05, 0) is 12.1 Å². The maximum Gasteiger partial charge on any atom is 0.365 e. The van der Waals surface area contributed by atoms with Gasteiger partial charge < -0.3 is 10.0 Å². The summed E-state index contributed by atoms with van der Waals surface area (Å²) in [5.74, 6) is -0.526. The lowest BCUT2D eigenvalue weighted by Gasteiger charge is -1.97. The molecule has 90 valence electrons. The van der Waals surface area contributed by atoms with Crippen molar-refractivity contribution in [2.75, 3.05) is 0 Å². The summed E-state index contributed by atoms with van der Waals surface area (Å²) < 4.78 is 0.660. The van der Waals surface area contributed by atoms with Crippen molar-refractivity contribution in [3.63, 3.8) is 0 Å². The van der Waals surface area contributed by atoms with Crippen molar-refractivity contribution in [1.29, 1.82) is 0 Å². The molecule has 0 saturated heterocycles. The third-order valence-corrected chi connectivity index (χ3v) is 2.17. The molecular formula is C13H10N2O3. The van der Waals surface area contributed by atoms with Crippen molar-refractivity contribution in [2.45, 2.75) is 0 Å². The fourth-order valence-corrected chi connectivity index (χ4v) is 1.27. The van der Waals surface area contributed by atoms with E-state index < -0.39 is 5.97 Å². The summed E-state index contributed by atoms with van der Waals surface area (Å²) in [6.07, 6.45) is 4.03. The number of pyridine rings is 1. The molecule has 0 bridgehead atoms. The van der Waals surface area contributed by atoms with Crippen LogP contribution in [0.1, 0.15) is 15.9 Å². The number of benzene rings is 1. The first kappa shape index (κ1) is 11.8. The van der Waals surface area contributed by atoms with E-state index in [1.165, 1.54) is 18.6 Å². The molecule has 5 heteroatoms. The summed E-state index contributed by atoms with van der Waals surface area (Å²) in [4.78, 5) is 16.2. The average Bonchev–Trinajstić information content (AvgIpc) is 2.42. The predicted molar refractivity (Wildman–Crippen MR) is 64.9 cm³/mol. The molecule has 0 aliphatic rings. The standard InChI is InChI=1S/C13H10N2O3/c16-13(12-4-2-1-3-5-12)18-14-10-11-6-8-15(17)9-7-11/h1-10H/b14-10+. The van der Waals surface area contributed by atoms with Crippen molar-refractivity contribution >= 4 is 12.2 Å². The van der Waals surface area contributed by atoms with Crippen LogP contribution in [0.25, 0.3) is 0 Å². The quantitative estimate of drug-likeness (QED) is 0.269. The van der Waals surface area contributed by atoms with Gasteiger partial charge >= 0.3 is 5.97 Å². The van der Waals surface area contributed by atoms with Crippen LogP contribution < -0.4 is 4.73 Å². The first-order valence-electron chi connectivity index (χ1n) is 5.24. The molecule has 1 aromatic heterocycles. The van der Waals surface area contributed by atoms with E-state index in [2.05, 4.69) is 5.16 Å². The first-order valence-corrected chi connectivity index (χ1v) is 5.24. The van der Waals surface area contributed by atoms with E-state index in [9.17, 15) is 10.0 Å². The molecule has 5 nitrogen and oxygen atoms in total. The highest BCUT2D eigenvalue weighted by Gasteiger charge is 2.04. The zero-order chi connectivity index (χ0) is 12.8. The van der Waals surface area contributed by atoms with Crippen molar-refractivity contribution in [2.24, 2.45) is 5.16 Å². The van der Waals surface area contributed by atoms with Crippen LogP contribution in [-0.2, 0) is 4.84 Å². The van der Waals surface area contributed by atoms with E-state index >= 15 is 0 Å². The van der Waals surface area contributed by atoms with Gasteiger partial charge in [0, 0.05) is 17.7 Å². The monoisotopic (exact) mass is 242 g/mol. The molecule has 0 aliphatic carbocycles. The number of nitrogens with zero attached hydrogens (tertiary/aromatic N) is 2. The second kappa shape index (κ2) is 5.58. The smallest absolute Gasteiger partial charge is 0.365 e. The van der Waals surface area contributed by atoms with E-state index in [4.69, 9.17) is 4.84 Å². The van der Waals surface area contributed by atoms with E-state index in [0.29, 0.717) is 15.9 Å². The highest BCUT2D eigenvalue weighted by atomic mass is 16.7. The maximum absolute atomic E-state index is 11.5. The van der Waals surface area contributed by atoms with Gasteiger partial charge in [0.05, 0.1) is 11.8 Å². The average molecular weight is 242 g/mol. The van der Waals surface area contributed by atoms with Crippen LogP contribution in [-0.4, -0.2) is 12.2 Å². The van der Waals surface area contributed by atoms with Crippen LogP contribution in [0.5, 0.6) is 0 Å². The highest BCUT2D eigenvalue weighted by molar-refractivity contribution is 5.89. The molecule has 0 saturated carbocycles. The van der Waals surface area contributed by atoms with Crippen LogP contribution in [0.2, 0.25) is 0 Å². The Morgan fingerprint density at radius 1 is 1.17 bits per heavy atom. The summed E-state index contributed by atoms with van der Waals surface area (Å²) in [6.45, 7) is 0. The molecule has 1 heterocycles. The number of carbonyl (C=O) groups excluding carboxylic acids is 1. The summed E-state index contributed by atoms with van der Waals surface area (Å²) >= 11 is 0. The Labute approximate surface area is 104 Å². The number of carbonyl (C=O) groups is 1. The van der Waals surface area contributed by atoms with Crippen LogP contribution in [0.3, 0.4) is 0 Å². The number of hydrogen-bond donors (Lipinski definition) is 0. The predicted octanol–water partition coefficient (Wildman–Crippen LogP) is 1.51. The molecule has 0 fully saturated rings. The molecule has 0 amide bonds. The summed E-state index contributed by atoms with van der Waals surface area (Å²) in [6, 6.07) is 11.7. The van der Waals surface area contributed by atoms with E-state index in [-0.39, 0.29) is 0 Å². The van der Waals surface area contributed by atoms with Crippen molar-refractivity contribution in [3.8, 4) is 0 Å². The Balaban J connectivity index is 1.96. The molecule has 0 N–H and O–H groups in total. The van der Waals surface area contributed by atoms with Crippen LogP contribution in [0.4, 0.5) is 0 Å². The minimum Gasteiger partial charge on any atom is -0.619 e. The molecular weight excluding hydrogens is 232 g/mol. The second-order valence-electron chi connectivity index (χ2n) is 3.47. The van der Waals surface area contributed by atoms with Gasteiger partial charge in [-0.15, -0.1) is 0 Å². The molecule has 2 aromatic rings. The van der Waals surface area contributed by atoms with E-state index in [1.54, 1.807) is 36.4 Å². The lowest BCUT2D eigenvalue weighted by molar-refractivity contribution is -0.605. The molecule has 18 heavy (non-hydrogen) atoms. The molecule has 0 unspecified atom stereocenters. The molecule has 0 radical (unpaired) electrons. The molecule has 0 atom stereocenters. The SMILES string of the molecule is O=C(O/N=C/c1cc[n+]([O-])cc1)c1ccccc1. The normalized spacial score (nSPS) is 10.4. The third kappa shape index (κ3) is 3.15. The Bertz CT molecular complexity index is 550. The van der Waals surface area contributed by atoms with Crippen LogP contribution in [0.15, 0.2) is 60.0 Å².